The Morgan fingerprint density at radius 1 is 1.59 bits per heavy atom. The third-order valence-electron chi connectivity index (χ3n) is 3.18. The molecule has 1 rings (SSSR count). The van der Waals surface area contributed by atoms with Crippen molar-refractivity contribution in [2.75, 3.05) is 18.5 Å². The van der Waals surface area contributed by atoms with Gasteiger partial charge in [0.25, 0.3) is 0 Å². The lowest BCUT2D eigenvalue weighted by Crippen LogP contribution is -2.25. The number of carbonyl (C=O) groups is 1. The molecule has 3 nitrogen and oxygen atoms in total. The van der Waals surface area contributed by atoms with Crippen molar-refractivity contribution in [1.29, 1.82) is 0 Å². The largest absolute Gasteiger partial charge is 0.378 e. The maximum absolute atomic E-state index is 11.5. The predicted molar refractivity (Wildman–Crippen MR) is 73.4 cm³/mol. The summed E-state index contributed by atoms with van der Waals surface area (Å²) in [7, 11) is 0. The van der Waals surface area contributed by atoms with Gasteiger partial charge in [-0.25, -0.2) is 0 Å². The van der Waals surface area contributed by atoms with Crippen LogP contribution in [-0.2, 0) is 9.53 Å². The van der Waals surface area contributed by atoms with E-state index < -0.39 is 0 Å². The summed E-state index contributed by atoms with van der Waals surface area (Å²) in [5.74, 6) is 0.866. The lowest BCUT2D eigenvalue weighted by atomic mass is 10.1. The van der Waals surface area contributed by atoms with Gasteiger partial charge in [0.1, 0.15) is 0 Å². The number of hydrogen-bond donors (Lipinski definition) is 1. The molecule has 0 aromatic heterocycles. The zero-order chi connectivity index (χ0) is 12.5. The number of carbonyl (C=O) groups excluding carboxylic acids is 1. The minimum absolute atomic E-state index is 0.173. The highest BCUT2D eigenvalue weighted by Gasteiger charge is 2.16. The van der Waals surface area contributed by atoms with Gasteiger partial charge in [0, 0.05) is 24.9 Å². The fraction of sp³-hybridized carbons (Fsp3) is 0.923. The minimum Gasteiger partial charge on any atom is -0.378 e. The molecular formula is C13H24BrNO2. The fourth-order valence-electron chi connectivity index (χ4n) is 2.01. The molecule has 0 aromatic rings. The van der Waals surface area contributed by atoms with E-state index in [0.29, 0.717) is 18.4 Å². The number of halogens is 1. The topological polar surface area (TPSA) is 38.3 Å². The lowest BCUT2D eigenvalue weighted by Gasteiger charge is -2.10. The van der Waals surface area contributed by atoms with Gasteiger partial charge in [-0.2, -0.15) is 0 Å². The van der Waals surface area contributed by atoms with Crippen molar-refractivity contribution in [1.82, 2.24) is 5.32 Å². The molecule has 0 aromatic carbocycles. The first-order chi connectivity index (χ1) is 8.22. The number of alkyl halides is 1. The van der Waals surface area contributed by atoms with Gasteiger partial charge >= 0.3 is 0 Å². The quantitative estimate of drug-likeness (QED) is 0.553. The van der Waals surface area contributed by atoms with E-state index in [1.54, 1.807) is 0 Å². The first-order valence-corrected chi connectivity index (χ1v) is 7.78. The van der Waals surface area contributed by atoms with E-state index in [-0.39, 0.29) is 5.91 Å². The van der Waals surface area contributed by atoms with E-state index in [4.69, 9.17) is 4.74 Å². The maximum Gasteiger partial charge on any atom is 0.220 e. The molecule has 1 N–H and O–H groups in total. The van der Waals surface area contributed by atoms with E-state index in [9.17, 15) is 4.79 Å². The van der Waals surface area contributed by atoms with Crippen LogP contribution in [0.4, 0.5) is 0 Å². The van der Waals surface area contributed by atoms with Crippen LogP contribution in [-0.4, -0.2) is 30.5 Å². The molecule has 0 saturated carbocycles. The Morgan fingerprint density at radius 3 is 3.06 bits per heavy atom. The Balaban J connectivity index is 1.93. The van der Waals surface area contributed by atoms with E-state index >= 15 is 0 Å². The van der Waals surface area contributed by atoms with Gasteiger partial charge in [0.2, 0.25) is 5.91 Å². The zero-order valence-corrected chi connectivity index (χ0v) is 12.3. The summed E-state index contributed by atoms with van der Waals surface area (Å²) in [4.78, 5) is 11.5. The van der Waals surface area contributed by atoms with Crippen LogP contribution in [0.25, 0.3) is 0 Å². The maximum atomic E-state index is 11.5. The summed E-state index contributed by atoms with van der Waals surface area (Å²) >= 11 is 3.46. The van der Waals surface area contributed by atoms with Crippen molar-refractivity contribution in [3.05, 3.63) is 0 Å². The smallest absolute Gasteiger partial charge is 0.220 e. The monoisotopic (exact) mass is 305 g/mol. The molecule has 0 bridgehead atoms. The van der Waals surface area contributed by atoms with Crippen molar-refractivity contribution in [2.24, 2.45) is 5.92 Å². The average Bonchev–Trinajstić information content (AvgIpc) is 2.84. The third-order valence-corrected chi connectivity index (χ3v) is 4.28. The van der Waals surface area contributed by atoms with Gasteiger partial charge in [-0.1, -0.05) is 22.9 Å². The Labute approximate surface area is 113 Å². The molecule has 2 atom stereocenters. The molecule has 1 aliphatic rings. The van der Waals surface area contributed by atoms with Gasteiger partial charge in [0.15, 0.2) is 0 Å². The van der Waals surface area contributed by atoms with Crippen LogP contribution in [0, 0.1) is 5.92 Å². The van der Waals surface area contributed by atoms with Gasteiger partial charge in [-0.05, 0) is 38.0 Å². The van der Waals surface area contributed by atoms with Gasteiger partial charge in [-0.15, -0.1) is 0 Å². The normalized spacial score (nSPS) is 21.4. The van der Waals surface area contributed by atoms with Gasteiger partial charge < -0.3 is 10.1 Å². The second-order valence-corrected chi connectivity index (χ2v) is 5.57. The molecule has 4 heteroatoms. The van der Waals surface area contributed by atoms with Crippen LogP contribution in [0.5, 0.6) is 0 Å². The third kappa shape index (κ3) is 7.04. The highest BCUT2D eigenvalue weighted by molar-refractivity contribution is 9.09. The summed E-state index contributed by atoms with van der Waals surface area (Å²) < 4.78 is 5.49. The van der Waals surface area contributed by atoms with E-state index in [1.807, 2.05) is 0 Å². The van der Waals surface area contributed by atoms with E-state index in [0.717, 1.165) is 50.6 Å². The Hall–Kier alpha value is -0.0900. The summed E-state index contributed by atoms with van der Waals surface area (Å²) in [5, 5.41) is 4.02. The molecular weight excluding hydrogens is 282 g/mol. The first-order valence-electron chi connectivity index (χ1n) is 6.66. The standard InChI is InChI=1S/C13H24BrNO2/c1-11(10-14)4-2-8-15-13(16)7-6-12-5-3-9-17-12/h11-12H,2-10H2,1H3,(H,15,16). The van der Waals surface area contributed by atoms with Crippen molar-refractivity contribution in [3.63, 3.8) is 0 Å². The van der Waals surface area contributed by atoms with Crippen LogP contribution < -0.4 is 5.32 Å². The summed E-state index contributed by atoms with van der Waals surface area (Å²) in [6.45, 7) is 3.90. The molecule has 1 heterocycles. The minimum atomic E-state index is 0.173. The van der Waals surface area contributed by atoms with Crippen LogP contribution in [0.1, 0.15) is 45.4 Å². The molecule has 1 amide bonds. The van der Waals surface area contributed by atoms with Crippen molar-refractivity contribution in [3.8, 4) is 0 Å². The second kappa shape index (κ2) is 8.92. The van der Waals surface area contributed by atoms with Crippen LogP contribution in [0.2, 0.25) is 0 Å². The fourth-order valence-corrected chi connectivity index (χ4v) is 2.33. The molecule has 0 spiro atoms. The van der Waals surface area contributed by atoms with Crippen molar-refractivity contribution < 1.29 is 9.53 Å². The predicted octanol–water partition coefficient (Wildman–Crippen LogP) is 2.87. The van der Waals surface area contributed by atoms with Gasteiger partial charge in [-0.3, -0.25) is 4.79 Å². The second-order valence-electron chi connectivity index (χ2n) is 4.93. The summed E-state index contributed by atoms with van der Waals surface area (Å²) in [6, 6.07) is 0. The van der Waals surface area contributed by atoms with Crippen LogP contribution >= 0.6 is 15.9 Å². The van der Waals surface area contributed by atoms with E-state index in [1.165, 1.54) is 0 Å². The van der Waals surface area contributed by atoms with E-state index in [2.05, 4.69) is 28.2 Å². The molecule has 17 heavy (non-hydrogen) atoms. The number of nitrogens with one attached hydrogen (secondary N) is 1. The number of ether oxygens (including phenoxy) is 1. The molecule has 0 radical (unpaired) electrons. The highest BCUT2D eigenvalue weighted by Crippen LogP contribution is 2.16. The number of amides is 1. The van der Waals surface area contributed by atoms with Crippen LogP contribution in [0.3, 0.4) is 0 Å². The van der Waals surface area contributed by atoms with Crippen molar-refractivity contribution >= 4 is 21.8 Å². The van der Waals surface area contributed by atoms with Gasteiger partial charge in [0.05, 0.1) is 6.10 Å². The molecule has 1 fully saturated rings. The average molecular weight is 306 g/mol. The Kier molecular flexibility index (Phi) is 7.86. The Morgan fingerprint density at radius 2 is 2.41 bits per heavy atom. The number of rotatable bonds is 8. The molecule has 1 saturated heterocycles. The molecule has 1 aliphatic heterocycles. The molecule has 2 unspecified atom stereocenters. The van der Waals surface area contributed by atoms with Crippen LogP contribution in [0.15, 0.2) is 0 Å². The number of hydrogen-bond acceptors (Lipinski definition) is 2. The molecule has 0 aliphatic carbocycles. The summed E-state index contributed by atoms with van der Waals surface area (Å²) in [5.41, 5.74) is 0. The molecule has 100 valence electrons. The summed E-state index contributed by atoms with van der Waals surface area (Å²) in [6.07, 6.45) is 6.32. The first kappa shape index (κ1) is 15.0. The zero-order valence-electron chi connectivity index (χ0n) is 10.7. The lowest BCUT2D eigenvalue weighted by molar-refractivity contribution is -0.121. The Bertz CT molecular complexity index is 217. The highest BCUT2D eigenvalue weighted by atomic mass is 79.9. The van der Waals surface area contributed by atoms with Crippen molar-refractivity contribution in [2.45, 2.75) is 51.6 Å². The SMILES string of the molecule is CC(CBr)CCCNC(=O)CCC1CCCO1.